The maximum absolute atomic E-state index is 13.9. The molecule has 46 heavy (non-hydrogen) atoms. The quantitative estimate of drug-likeness (QED) is 0.0390. The number of benzene rings is 1. The molecular weight excluding hydrogens is 662 g/mol. The summed E-state index contributed by atoms with van der Waals surface area (Å²) in [5, 5.41) is 17.8. The standard InChI is InChI=1S/C24H28F2N8O10S2/c1-23(2)18(20(36)34(23)44-46(39,40)41)30-19(35)17(14-9-45-22(28)29-14)31-43-16(21(37)38)8-42-13-4-5-15-12(6-13)7-33(32(15)3)11-24(25,26)10-27/h4-7,9,16,18H,8,10-11,27H2,1-3H3,(H4-,28,29,30,35,37,38,39,40,41)/b31-17-/t16?,18-/m1/s1. The molecule has 6 N–H and O–H groups in total. The Morgan fingerprint density at radius 2 is 2.07 bits per heavy atom. The third-order valence-electron chi connectivity index (χ3n) is 6.76. The summed E-state index contributed by atoms with van der Waals surface area (Å²) >= 11 is 0.913. The van der Waals surface area contributed by atoms with Gasteiger partial charge in [0.05, 0.1) is 24.5 Å². The molecule has 1 aliphatic rings. The molecule has 2 aromatic heterocycles. The number of amides is 2. The Hall–Kier alpha value is -4.51. The number of carboxylic acid groups (broad SMARTS) is 1. The third kappa shape index (κ3) is 7.47. The smallest absolute Gasteiger partial charge is 0.351 e. The first-order valence-corrected chi connectivity index (χ1v) is 15.2. The van der Waals surface area contributed by atoms with Crippen LogP contribution in [0.3, 0.4) is 0 Å². The molecule has 3 heterocycles. The highest BCUT2D eigenvalue weighted by molar-refractivity contribution is 7.80. The predicted octanol–water partition coefficient (Wildman–Crippen LogP) is -1.15. The number of aromatic nitrogens is 3. The molecule has 0 spiro atoms. The van der Waals surface area contributed by atoms with Crippen molar-refractivity contribution in [2.75, 3.05) is 18.9 Å². The van der Waals surface area contributed by atoms with Crippen LogP contribution < -0.4 is 26.2 Å². The molecule has 0 radical (unpaired) electrons. The Labute approximate surface area is 263 Å². The van der Waals surface area contributed by atoms with Crippen LogP contribution in [-0.4, -0.2) is 93.1 Å². The largest absolute Gasteiger partial charge is 0.724 e. The molecule has 1 saturated heterocycles. The Kier molecular flexibility index (Phi) is 9.49. The lowest BCUT2D eigenvalue weighted by Crippen LogP contribution is -2.76. The minimum atomic E-state index is -5.29. The zero-order chi connectivity index (χ0) is 34.2. The van der Waals surface area contributed by atoms with Crippen molar-refractivity contribution in [3.63, 3.8) is 0 Å². The van der Waals surface area contributed by atoms with Gasteiger partial charge in [0, 0.05) is 5.38 Å². The van der Waals surface area contributed by atoms with Gasteiger partial charge in [0.1, 0.15) is 29.6 Å². The minimum absolute atomic E-state index is 0.0123. The maximum atomic E-state index is 13.9. The first kappa shape index (κ1) is 34.4. The summed E-state index contributed by atoms with van der Waals surface area (Å²) in [6.45, 7) is 0.475. The highest BCUT2D eigenvalue weighted by Crippen LogP contribution is 2.33. The molecule has 1 aromatic carbocycles. The molecule has 1 fully saturated rings. The SMILES string of the molecule is Cn1c2ccc(OCC(O/N=C(\C(=O)N[C@@H]3C(=O)N(OS(=O)(=O)[O-])C3(C)C)c3csc(N)n3)C(=O)O)cc2c[n+]1CC(F)(F)CN. The molecular formula is C24H28F2N8O10S2. The van der Waals surface area contributed by atoms with Gasteiger partial charge in [0.2, 0.25) is 23.1 Å². The summed E-state index contributed by atoms with van der Waals surface area (Å²) in [7, 11) is -3.72. The molecule has 250 valence electrons. The van der Waals surface area contributed by atoms with Gasteiger partial charge in [-0.3, -0.25) is 9.59 Å². The number of carboxylic acids is 1. The number of nitrogens with two attached hydrogens (primary N) is 2. The summed E-state index contributed by atoms with van der Waals surface area (Å²) in [5.41, 5.74) is 9.13. The van der Waals surface area contributed by atoms with Gasteiger partial charge in [0.25, 0.3) is 17.9 Å². The van der Waals surface area contributed by atoms with Crippen LogP contribution >= 0.6 is 11.3 Å². The molecule has 2 atom stereocenters. The number of thiazole rings is 1. The number of oxime groups is 1. The average Bonchev–Trinajstić information content (AvgIpc) is 3.52. The third-order valence-corrected chi connectivity index (χ3v) is 7.76. The second kappa shape index (κ2) is 12.7. The van der Waals surface area contributed by atoms with E-state index in [-0.39, 0.29) is 21.6 Å². The molecule has 1 unspecified atom stereocenters. The van der Waals surface area contributed by atoms with E-state index in [0.29, 0.717) is 10.9 Å². The van der Waals surface area contributed by atoms with Gasteiger partial charge >= 0.3 is 11.9 Å². The van der Waals surface area contributed by atoms with Crippen LogP contribution in [0.4, 0.5) is 13.9 Å². The number of ether oxygens (including phenoxy) is 1. The summed E-state index contributed by atoms with van der Waals surface area (Å²) in [5.74, 6) is -6.67. The number of nitrogens with one attached hydrogen (secondary N) is 1. The number of carbonyl (C=O) groups is 3. The molecule has 0 aliphatic carbocycles. The van der Waals surface area contributed by atoms with Gasteiger partial charge in [0.15, 0.2) is 10.8 Å². The predicted molar refractivity (Wildman–Crippen MR) is 152 cm³/mol. The Bertz CT molecular complexity index is 1810. The normalized spacial score (nSPS) is 17.5. The zero-order valence-electron chi connectivity index (χ0n) is 24.2. The topological polar surface area (TPSA) is 258 Å². The van der Waals surface area contributed by atoms with E-state index in [0.717, 1.165) is 11.3 Å². The summed E-state index contributed by atoms with van der Waals surface area (Å²) < 4.78 is 73.1. The highest BCUT2D eigenvalue weighted by Gasteiger charge is 2.57. The highest BCUT2D eigenvalue weighted by atomic mass is 32.3. The Morgan fingerprint density at radius 3 is 2.63 bits per heavy atom. The summed E-state index contributed by atoms with van der Waals surface area (Å²) in [6, 6.07) is 3.16. The zero-order valence-corrected chi connectivity index (χ0v) is 25.9. The molecule has 0 saturated carbocycles. The van der Waals surface area contributed by atoms with Crippen LogP contribution in [0.1, 0.15) is 19.5 Å². The number of halogens is 2. The minimum Gasteiger partial charge on any atom is -0.724 e. The van der Waals surface area contributed by atoms with Crippen molar-refractivity contribution in [1.82, 2.24) is 20.0 Å². The number of hydrogen-bond acceptors (Lipinski definition) is 14. The Balaban J connectivity index is 1.50. The number of nitrogens with zero attached hydrogens (tertiary/aromatic N) is 5. The van der Waals surface area contributed by atoms with Crippen LogP contribution in [0.15, 0.2) is 34.9 Å². The molecule has 18 nitrogen and oxygen atoms in total. The van der Waals surface area contributed by atoms with Gasteiger partial charge in [-0.1, -0.05) is 5.16 Å². The van der Waals surface area contributed by atoms with E-state index in [4.69, 9.17) is 21.0 Å². The number of aliphatic carboxylic acids is 1. The van der Waals surface area contributed by atoms with Crippen LogP contribution in [0.5, 0.6) is 5.75 Å². The van der Waals surface area contributed by atoms with Gasteiger partial charge in [-0.2, -0.15) is 22.8 Å². The molecule has 4 rings (SSSR count). The number of aryl methyl sites for hydroxylation is 1. The van der Waals surface area contributed by atoms with Gasteiger partial charge in [-0.05, 0) is 32.0 Å². The number of β-lactam (4-membered cyclic amide) rings is 1. The fraction of sp³-hybridized carbons (Fsp3) is 0.417. The van der Waals surface area contributed by atoms with E-state index in [1.807, 2.05) is 0 Å². The second-order valence-corrected chi connectivity index (χ2v) is 12.3. The number of anilines is 1. The first-order valence-electron chi connectivity index (χ1n) is 13.0. The number of carbonyl (C=O) groups excluding carboxylic acids is 2. The van der Waals surface area contributed by atoms with Crippen molar-refractivity contribution >= 4 is 61.3 Å². The molecule has 0 bridgehead atoms. The van der Waals surface area contributed by atoms with Crippen molar-refractivity contribution in [3.05, 3.63) is 35.5 Å². The molecule has 3 aromatic rings. The van der Waals surface area contributed by atoms with Crippen LogP contribution in [-0.2, 0) is 47.5 Å². The average molecular weight is 691 g/mol. The number of rotatable bonds is 14. The fourth-order valence-corrected chi connectivity index (χ4v) is 5.31. The van der Waals surface area contributed by atoms with E-state index in [2.05, 4.69) is 19.7 Å². The lowest BCUT2D eigenvalue weighted by Gasteiger charge is -2.51. The van der Waals surface area contributed by atoms with Gasteiger partial charge < -0.3 is 36.0 Å². The molecule has 1 aliphatic heterocycles. The van der Waals surface area contributed by atoms with E-state index >= 15 is 0 Å². The fourth-order valence-electron chi connectivity index (χ4n) is 4.31. The number of alkyl halides is 2. The Morgan fingerprint density at radius 1 is 1.37 bits per heavy atom. The molecule has 2 amide bonds. The van der Waals surface area contributed by atoms with Crippen molar-refractivity contribution in [2.24, 2.45) is 17.9 Å². The van der Waals surface area contributed by atoms with Crippen molar-refractivity contribution in [3.8, 4) is 5.75 Å². The molecule has 22 heteroatoms. The first-order chi connectivity index (χ1) is 21.3. The lowest BCUT2D eigenvalue weighted by atomic mass is 9.84. The van der Waals surface area contributed by atoms with Crippen molar-refractivity contribution in [1.29, 1.82) is 0 Å². The number of nitrogen functional groups attached to an aromatic ring is 1. The van der Waals surface area contributed by atoms with Gasteiger partial charge in [-0.15, -0.1) is 16.0 Å². The van der Waals surface area contributed by atoms with E-state index < -0.39 is 77.2 Å². The summed E-state index contributed by atoms with van der Waals surface area (Å²) in [6.07, 6.45) is -0.337. The number of fused-ring (bicyclic) bond motifs is 1. The maximum Gasteiger partial charge on any atom is 0.351 e. The monoisotopic (exact) mass is 690 g/mol. The van der Waals surface area contributed by atoms with Crippen molar-refractivity contribution in [2.45, 2.75) is 44.0 Å². The van der Waals surface area contributed by atoms with Crippen LogP contribution in [0.25, 0.3) is 10.9 Å². The second-order valence-electron chi connectivity index (χ2n) is 10.5. The van der Waals surface area contributed by atoms with Crippen LogP contribution in [0.2, 0.25) is 0 Å². The number of hydrogen-bond donors (Lipinski definition) is 4. The van der Waals surface area contributed by atoms with E-state index in [1.54, 1.807) is 13.1 Å². The van der Waals surface area contributed by atoms with E-state index in [1.165, 1.54) is 46.9 Å². The van der Waals surface area contributed by atoms with Crippen LogP contribution in [0, 0.1) is 0 Å². The van der Waals surface area contributed by atoms with Gasteiger partial charge in [-0.25, -0.2) is 18.2 Å². The lowest BCUT2D eigenvalue weighted by molar-refractivity contribution is -0.783. The van der Waals surface area contributed by atoms with E-state index in [9.17, 15) is 41.2 Å². The number of hydroxylamine groups is 2. The summed E-state index contributed by atoms with van der Waals surface area (Å²) in [4.78, 5) is 46.6. The van der Waals surface area contributed by atoms with Crippen molar-refractivity contribution < 1.29 is 59.8 Å².